The molecule has 0 bridgehead atoms. The summed E-state index contributed by atoms with van der Waals surface area (Å²) in [5.74, 6) is 2.06. The molecule has 1 aromatic heterocycles. The highest BCUT2D eigenvalue weighted by atomic mass is 16.5. The lowest BCUT2D eigenvalue weighted by atomic mass is 10.0. The molecule has 0 aliphatic rings. The molecule has 5 nitrogen and oxygen atoms in total. The largest absolute Gasteiger partial charge is 0.493 e. The minimum absolute atomic E-state index is 0.441. The van der Waals surface area contributed by atoms with Gasteiger partial charge in [-0.2, -0.15) is 0 Å². The Labute approximate surface area is 125 Å². The Hall–Kier alpha value is -2.01. The van der Waals surface area contributed by atoms with Gasteiger partial charge in [0.05, 0.1) is 20.3 Å². The van der Waals surface area contributed by atoms with Crippen molar-refractivity contribution in [2.75, 3.05) is 14.2 Å². The summed E-state index contributed by atoms with van der Waals surface area (Å²) in [6, 6.07) is 5.50. The predicted octanol–water partition coefficient (Wildman–Crippen LogP) is 2.59. The summed E-state index contributed by atoms with van der Waals surface area (Å²) in [5, 5.41) is 10.5. The summed E-state index contributed by atoms with van der Waals surface area (Å²) < 4.78 is 12.7. The Kier molecular flexibility index (Phi) is 5.22. The minimum atomic E-state index is -0.687. The van der Waals surface area contributed by atoms with Gasteiger partial charge in [0.1, 0.15) is 5.82 Å². The Morgan fingerprint density at radius 3 is 2.76 bits per heavy atom. The normalized spacial score (nSPS) is 12.2. The third-order valence-corrected chi connectivity index (χ3v) is 3.43. The number of hydrogen-bond acceptors (Lipinski definition) is 4. The number of ether oxygens (including phenoxy) is 2. The molecule has 2 aromatic rings. The smallest absolute Gasteiger partial charge is 0.166 e. The number of hydrogen-bond donors (Lipinski definition) is 1. The van der Waals surface area contributed by atoms with Gasteiger partial charge in [-0.25, -0.2) is 4.98 Å². The third-order valence-electron chi connectivity index (χ3n) is 3.43. The van der Waals surface area contributed by atoms with Crippen molar-refractivity contribution in [3.63, 3.8) is 0 Å². The standard InChI is InChI=1S/C16H22N2O3/c1-4-9-18-10-8-17-15(18)11-13(19)12-6-5-7-14(20-2)16(12)21-3/h5-8,10,13,19H,4,9,11H2,1-3H3. The van der Waals surface area contributed by atoms with E-state index in [4.69, 9.17) is 9.47 Å². The number of aliphatic hydroxyl groups excluding tert-OH is 1. The van der Waals surface area contributed by atoms with E-state index in [1.54, 1.807) is 20.4 Å². The first-order chi connectivity index (χ1) is 10.2. The van der Waals surface area contributed by atoms with Gasteiger partial charge in [-0.05, 0) is 12.5 Å². The Morgan fingerprint density at radius 1 is 1.29 bits per heavy atom. The number of aromatic nitrogens is 2. The lowest BCUT2D eigenvalue weighted by Crippen LogP contribution is -2.10. The van der Waals surface area contributed by atoms with Gasteiger partial charge >= 0.3 is 0 Å². The molecule has 0 aliphatic heterocycles. The van der Waals surface area contributed by atoms with Crippen LogP contribution in [0.4, 0.5) is 0 Å². The van der Waals surface area contributed by atoms with Crippen molar-refractivity contribution in [1.82, 2.24) is 9.55 Å². The number of aryl methyl sites for hydroxylation is 1. The Bertz CT molecular complexity index is 581. The van der Waals surface area contributed by atoms with Crippen LogP contribution in [0.1, 0.15) is 30.8 Å². The monoisotopic (exact) mass is 290 g/mol. The molecule has 2 rings (SSSR count). The number of nitrogens with zero attached hydrogens (tertiary/aromatic N) is 2. The Morgan fingerprint density at radius 2 is 2.10 bits per heavy atom. The molecule has 1 aromatic carbocycles. The molecule has 1 N–H and O–H groups in total. The van der Waals surface area contributed by atoms with E-state index >= 15 is 0 Å². The number of para-hydroxylation sites is 1. The van der Waals surface area contributed by atoms with Gasteiger partial charge in [0.15, 0.2) is 11.5 Å². The number of aliphatic hydroxyl groups is 1. The molecular weight excluding hydrogens is 268 g/mol. The highest BCUT2D eigenvalue weighted by Crippen LogP contribution is 2.35. The zero-order chi connectivity index (χ0) is 15.2. The molecule has 0 radical (unpaired) electrons. The van der Waals surface area contributed by atoms with Gasteiger partial charge in [0, 0.05) is 30.9 Å². The maximum Gasteiger partial charge on any atom is 0.166 e. The number of imidazole rings is 1. The van der Waals surface area contributed by atoms with Crippen LogP contribution >= 0.6 is 0 Å². The van der Waals surface area contributed by atoms with E-state index in [9.17, 15) is 5.11 Å². The fourth-order valence-corrected chi connectivity index (χ4v) is 2.43. The minimum Gasteiger partial charge on any atom is -0.493 e. The fraction of sp³-hybridized carbons (Fsp3) is 0.438. The predicted molar refractivity (Wildman–Crippen MR) is 80.7 cm³/mol. The zero-order valence-electron chi connectivity index (χ0n) is 12.7. The molecule has 1 unspecified atom stereocenters. The van der Waals surface area contributed by atoms with Crippen molar-refractivity contribution in [3.05, 3.63) is 42.0 Å². The van der Waals surface area contributed by atoms with Crippen molar-refractivity contribution < 1.29 is 14.6 Å². The van der Waals surface area contributed by atoms with Gasteiger partial charge in [0.25, 0.3) is 0 Å². The molecule has 0 aliphatic carbocycles. The quantitative estimate of drug-likeness (QED) is 0.851. The van der Waals surface area contributed by atoms with Crippen LogP contribution in [0.3, 0.4) is 0 Å². The molecule has 0 saturated heterocycles. The van der Waals surface area contributed by atoms with Crippen LogP contribution in [0, 0.1) is 0 Å². The second-order valence-corrected chi connectivity index (χ2v) is 4.84. The third kappa shape index (κ3) is 3.36. The van der Waals surface area contributed by atoms with Crippen LogP contribution in [0.25, 0.3) is 0 Å². The first-order valence-electron chi connectivity index (χ1n) is 7.10. The highest BCUT2D eigenvalue weighted by molar-refractivity contribution is 5.47. The fourth-order valence-electron chi connectivity index (χ4n) is 2.43. The average molecular weight is 290 g/mol. The summed E-state index contributed by atoms with van der Waals surface area (Å²) in [7, 11) is 3.16. The molecule has 114 valence electrons. The number of rotatable bonds is 7. The molecule has 0 fully saturated rings. The van der Waals surface area contributed by atoms with Crippen LogP contribution in [0.15, 0.2) is 30.6 Å². The average Bonchev–Trinajstić information content (AvgIpc) is 2.93. The van der Waals surface area contributed by atoms with Gasteiger partial charge in [0.2, 0.25) is 0 Å². The second kappa shape index (κ2) is 7.13. The van der Waals surface area contributed by atoms with E-state index in [-0.39, 0.29) is 0 Å². The van der Waals surface area contributed by atoms with Gasteiger partial charge in [-0.3, -0.25) is 0 Å². The summed E-state index contributed by atoms with van der Waals surface area (Å²) in [6.45, 7) is 3.02. The maximum absolute atomic E-state index is 10.5. The summed E-state index contributed by atoms with van der Waals surface area (Å²) >= 11 is 0. The summed E-state index contributed by atoms with van der Waals surface area (Å²) in [5.41, 5.74) is 0.711. The second-order valence-electron chi connectivity index (χ2n) is 4.84. The zero-order valence-corrected chi connectivity index (χ0v) is 12.7. The van der Waals surface area contributed by atoms with Crippen molar-refractivity contribution in [1.29, 1.82) is 0 Å². The molecule has 1 heterocycles. The van der Waals surface area contributed by atoms with Gasteiger partial charge < -0.3 is 19.1 Å². The van der Waals surface area contributed by atoms with Gasteiger partial charge in [-0.15, -0.1) is 0 Å². The highest BCUT2D eigenvalue weighted by Gasteiger charge is 2.19. The van der Waals surface area contributed by atoms with Crippen molar-refractivity contribution >= 4 is 0 Å². The van der Waals surface area contributed by atoms with Crippen molar-refractivity contribution in [2.24, 2.45) is 0 Å². The topological polar surface area (TPSA) is 56.5 Å². The molecular formula is C16H22N2O3. The molecule has 0 saturated carbocycles. The van der Waals surface area contributed by atoms with E-state index in [1.165, 1.54) is 0 Å². The van der Waals surface area contributed by atoms with Crippen LogP contribution in [0.5, 0.6) is 11.5 Å². The lowest BCUT2D eigenvalue weighted by molar-refractivity contribution is 0.169. The van der Waals surface area contributed by atoms with Gasteiger partial charge in [-0.1, -0.05) is 19.1 Å². The van der Waals surface area contributed by atoms with E-state index in [1.807, 2.05) is 24.4 Å². The maximum atomic E-state index is 10.5. The van der Waals surface area contributed by atoms with Crippen LogP contribution in [-0.4, -0.2) is 28.9 Å². The van der Waals surface area contributed by atoms with E-state index in [0.29, 0.717) is 23.5 Å². The van der Waals surface area contributed by atoms with E-state index < -0.39 is 6.10 Å². The van der Waals surface area contributed by atoms with Crippen molar-refractivity contribution in [3.8, 4) is 11.5 Å². The number of benzene rings is 1. The Balaban J connectivity index is 2.24. The molecule has 5 heteroatoms. The summed E-state index contributed by atoms with van der Waals surface area (Å²) in [6.07, 6.45) is 4.49. The number of methoxy groups -OCH3 is 2. The molecule has 0 amide bonds. The van der Waals surface area contributed by atoms with Crippen LogP contribution < -0.4 is 9.47 Å². The summed E-state index contributed by atoms with van der Waals surface area (Å²) in [4.78, 5) is 4.33. The van der Waals surface area contributed by atoms with E-state index in [2.05, 4.69) is 16.5 Å². The van der Waals surface area contributed by atoms with Crippen molar-refractivity contribution in [2.45, 2.75) is 32.4 Å². The first-order valence-corrected chi connectivity index (χ1v) is 7.10. The molecule has 21 heavy (non-hydrogen) atoms. The first kappa shape index (κ1) is 15.4. The molecule has 1 atom stereocenters. The van der Waals surface area contributed by atoms with Crippen LogP contribution in [0.2, 0.25) is 0 Å². The lowest BCUT2D eigenvalue weighted by Gasteiger charge is -2.17. The molecule has 0 spiro atoms. The SMILES string of the molecule is CCCn1ccnc1CC(O)c1cccc(OC)c1OC. The van der Waals surface area contributed by atoms with Crippen LogP contribution in [-0.2, 0) is 13.0 Å². The van der Waals surface area contributed by atoms with E-state index in [0.717, 1.165) is 18.8 Å².